The van der Waals surface area contributed by atoms with Gasteiger partial charge < -0.3 is 9.72 Å². The number of aryl methyl sites for hydroxylation is 1. The highest BCUT2D eigenvalue weighted by molar-refractivity contribution is 7.92. The van der Waals surface area contributed by atoms with Crippen LogP contribution in [0.5, 0.6) is 5.75 Å². The zero-order valence-corrected chi connectivity index (χ0v) is 16.4. The van der Waals surface area contributed by atoms with Gasteiger partial charge in [-0.2, -0.15) is 0 Å². The Bertz CT molecular complexity index is 1230. The zero-order valence-electron chi connectivity index (χ0n) is 15.6. The van der Waals surface area contributed by atoms with Crippen molar-refractivity contribution in [2.24, 2.45) is 0 Å². The highest BCUT2D eigenvalue weighted by Crippen LogP contribution is 2.27. The summed E-state index contributed by atoms with van der Waals surface area (Å²) in [5.74, 6) is 0.608. The van der Waals surface area contributed by atoms with Gasteiger partial charge in [0.15, 0.2) is 0 Å². The molecule has 0 bridgehead atoms. The van der Waals surface area contributed by atoms with Crippen molar-refractivity contribution in [2.45, 2.75) is 11.8 Å². The summed E-state index contributed by atoms with van der Waals surface area (Å²) < 4.78 is 33.0. The lowest BCUT2D eigenvalue weighted by molar-refractivity contribution is 0.414. The Labute approximate surface area is 164 Å². The molecule has 3 aromatic carbocycles. The number of sulfonamides is 1. The second-order valence-electron chi connectivity index (χ2n) is 6.63. The Morgan fingerprint density at radius 1 is 0.893 bits per heavy atom. The van der Waals surface area contributed by atoms with Crippen molar-refractivity contribution in [3.63, 3.8) is 0 Å². The molecule has 142 valence electrons. The largest absolute Gasteiger partial charge is 0.497 e. The van der Waals surface area contributed by atoms with Crippen LogP contribution in [0.25, 0.3) is 22.2 Å². The highest BCUT2D eigenvalue weighted by atomic mass is 32.2. The standard InChI is InChI=1S/C22H20N2O3S/c1-15-3-5-16(6-4-15)22-14-17-13-18(7-12-21(17)23-22)24-28(25,26)20-10-8-19(27-2)9-11-20/h3-14,23-24H,1-2H3. The average Bonchev–Trinajstić information content (AvgIpc) is 3.11. The Balaban J connectivity index is 1.63. The van der Waals surface area contributed by atoms with Gasteiger partial charge in [-0.1, -0.05) is 29.8 Å². The van der Waals surface area contributed by atoms with Crippen LogP contribution in [0.4, 0.5) is 5.69 Å². The van der Waals surface area contributed by atoms with E-state index in [2.05, 4.69) is 40.9 Å². The molecule has 1 heterocycles. The van der Waals surface area contributed by atoms with Gasteiger partial charge in [-0.15, -0.1) is 0 Å². The first-order valence-corrected chi connectivity index (χ1v) is 10.3. The number of benzene rings is 3. The number of fused-ring (bicyclic) bond motifs is 1. The van der Waals surface area contributed by atoms with Gasteiger partial charge in [0.1, 0.15) is 5.75 Å². The summed E-state index contributed by atoms with van der Waals surface area (Å²) in [6, 6.07) is 22.0. The Morgan fingerprint density at radius 2 is 1.61 bits per heavy atom. The van der Waals surface area contributed by atoms with Crippen LogP contribution in [0.1, 0.15) is 5.56 Å². The molecule has 0 saturated carbocycles. The number of aromatic amines is 1. The van der Waals surface area contributed by atoms with Gasteiger partial charge in [-0.05, 0) is 61.0 Å². The van der Waals surface area contributed by atoms with Crippen molar-refractivity contribution in [2.75, 3.05) is 11.8 Å². The second kappa shape index (κ2) is 7.05. The van der Waals surface area contributed by atoms with Gasteiger partial charge >= 0.3 is 0 Å². The summed E-state index contributed by atoms with van der Waals surface area (Å²) in [6.07, 6.45) is 0. The monoisotopic (exact) mass is 392 g/mol. The van der Waals surface area contributed by atoms with Crippen molar-refractivity contribution in [3.8, 4) is 17.0 Å². The Morgan fingerprint density at radius 3 is 2.29 bits per heavy atom. The van der Waals surface area contributed by atoms with Gasteiger partial charge in [0.25, 0.3) is 10.0 Å². The van der Waals surface area contributed by atoms with E-state index in [4.69, 9.17) is 4.74 Å². The molecular weight excluding hydrogens is 372 g/mol. The molecular formula is C22H20N2O3S. The van der Waals surface area contributed by atoms with Crippen molar-refractivity contribution in [1.29, 1.82) is 0 Å². The van der Waals surface area contributed by atoms with Crippen LogP contribution in [0.2, 0.25) is 0 Å². The summed E-state index contributed by atoms with van der Waals surface area (Å²) >= 11 is 0. The molecule has 0 aliphatic heterocycles. The first-order chi connectivity index (χ1) is 13.4. The van der Waals surface area contributed by atoms with E-state index >= 15 is 0 Å². The lowest BCUT2D eigenvalue weighted by Crippen LogP contribution is -2.12. The lowest BCUT2D eigenvalue weighted by Gasteiger charge is -2.09. The number of methoxy groups -OCH3 is 1. The van der Waals surface area contributed by atoms with E-state index in [1.807, 2.05) is 18.2 Å². The van der Waals surface area contributed by atoms with E-state index in [0.29, 0.717) is 11.4 Å². The molecule has 0 atom stereocenters. The third-order valence-corrected chi connectivity index (χ3v) is 6.00. The summed E-state index contributed by atoms with van der Waals surface area (Å²) in [4.78, 5) is 3.56. The molecule has 0 unspecified atom stereocenters. The maximum Gasteiger partial charge on any atom is 0.261 e. The molecule has 6 heteroatoms. The predicted octanol–water partition coefficient (Wildman–Crippen LogP) is 4.95. The Hall–Kier alpha value is -3.25. The van der Waals surface area contributed by atoms with Crippen molar-refractivity contribution < 1.29 is 13.2 Å². The van der Waals surface area contributed by atoms with E-state index in [-0.39, 0.29) is 4.90 Å². The first-order valence-electron chi connectivity index (χ1n) is 8.81. The molecule has 4 aromatic rings. The molecule has 5 nitrogen and oxygen atoms in total. The molecule has 0 spiro atoms. The van der Waals surface area contributed by atoms with Gasteiger partial charge in [0.05, 0.1) is 12.0 Å². The van der Waals surface area contributed by atoms with Crippen molar-refractivity contribution in [3.05, 3.63) is 78.4 Å². The van der Waals surface area contributed by atoms with Gasteiger partial charge in [-0.25, -0.2) is 8.42 Å². The van der Waals surface area contributed by atoms with E-state index in [1.165, 1.54) is 17.7 Å². The number of H-pyrrole nitrogens is 1. The molecule has 0 amide bonds. The summed E-state index contributed by atoms with van der Waals surface area (Å²) in [6.45, 7) is 2.05. The molecule has 0 aliphatic rings. The number of hydrogen-bond acceptors (Lipinski definition) is 3. The minimum absolute atomic E-state index is 0.183. The average molecular weight is 392 g/mol. The zero-order chi connectivity index (χ0) is 19.7. The maximum absolute atomic E-state index is 12.6. The molecule has 1 aromatic heterocycles. The first kappa shape index (κ1) is 18.1. The fourth-order valence-electron chi connectivity index (χ4n) is 3.05. The van der Waals surface area contributed by atoms with Crippen LogP contribution in [-0.2, 0) is 10.0 Å². The minimum atomic E-state index is -3.67. The number of ether oxygens (including phenoxy) is 1. The quantitative estimate of drug-likeness (QED) is 0.505. The van der Waals surface area contributed by atoms with Gasteiger partial charge in [-0.3, -0.25) is 4.72 Å². The van der Waals surface area contributed by atoms with Crippen LogP contribution >= 0.6 is 0 Å². The van der Waals surface area contributed by atoms with E-state index in [1.54, 1.807) is 25.3 Å². The van der Waals surface area contributed by atoms with Crippen LogP contribution in [0, 0.1) is 6.92 Å². The molecule has 28 heavy (non-hydrogen) atoms. The third-order valence-electron chi connectivity index (χ3n) is 4.61. The topological polar surface area (TPSA) is 71.2 Å². The van der Waals surface area contributed by atoms with E-state index in [0.717, 1.165) is 22.2 Å². The number of hydrogen-bond donors (Lipinski definition) is 2. The highest BCUT2D eigenvalue weighted by Gasteiger charge is 2.15. The molecule has 0 fully saturated rings. The molecule has 2 N–H and O–H groups in total. The van der Waals surface area contributed by atoms with Crippen LogP contribution in [-0.4, -0.2) is 20.5 Å². The van der Waals surface area contributed by atoms with Crippen molar-refractivity contribution >= 4 is 26.6 Å². The maximum atomic E-state index is 12.6. The fraction of sp³-hybridized carbons (Fsp3) is 0.0909. The normalized spacial score (nSPS) is 11.5. The van der Waals surface area contributed by atoms with E-state index in [9.17, 15) is 8.42 Å². The van der Waals surface area contributed by atoms with Crippen LogP contribution < -0.4 is 9.46 Å². The number of anilines is 1. The minimum Gasteiger partial charge on any atom is -0.497 e. The summed E-state index contributed by atoms with van der Waals surface area (Å²) in [5, 5.41) is 0.936. The summed E-state index contributed by atoms with van der Waals surface area (Å²) in [7, 11) is -2.13. The number of nitrogens with one attached hydrogen (secondary N) is 2. The third kappa shape index (κ3) is 3.59. The predicted molar refractivity (Wildman–Crippen MR) is 112 cm³/mol. The molecule has 0 aliphatic carbocycles. The number of rotatable bonds is 5. The number of aromatic nitrogens is 1. The molecule has 0 radical (unpaired) electrons. The summed E-state index contributed by atoms with van der Waals surface area (Å²) in [5.41, 5.74) is 4.74. The van der Waals surface area contributed by atoms with Crippen LogP contribution in [0.15, 0.2) is 77.7 Å². The van der Waals surface area contributed by atoms with E-state index < -0.39 is 10.0 Å². The molecule has 4 rings (SSSR count). The Kier molecular flexibility index (Phi) is 4.57. The smallest absolute Gasteiger partial charge is 0.261 e. The van der Waals surface area contributed by atoms with Gasteiger partial charge in [0.2, 0.25) is 0 Å². The second-order valence-corrected chi connectivity index (χ2v) is 8.31. The molecule has 0 saturated heterocycles. The SMILES string of the molecule is COc1ccc(S(=O)(=O)Nc2ccc3[nH]c(-c4ccc(C)cc4)cc3c2)cc1. The fourth-order valence-corrected chi connectivity index (χ4v) is 4.10. The lowest BCUT2D eigenvalue weighted by atomic mass is 10.1. The van der Waals surface area contributed by atoms with Gasteiger partial charge in [0, 0.05) is 22.3 Å². The van der Waals surface area contributed by atoms with Crippen LogP contribution in [0.3, 0.4) is 0 Å². The van der Waals surface area contributed by atoms with Crippen molar-refractivity contribution in [1.82, 2.24) is 4.98 Å².